The fourth-order valence-corrected chi connectivity index (χ4v) is 3.64. The average Bonchev–Trinajstić information content (AvgIpc) is 3.13. The lowest BCUT2D eigenvalue weighted by atomic mass is 9.90. The van der Waals surface area contributed by atoms with Crippen LogP contribution in [0.4, 0.5) is 9.18 Å². The van der Waals surface area contributed by atoms with Crippen LogP contribution in [0, 0.1) is 5.95 Å². The molecule has 0 spiro atoms. The molecule has 140 valence electrons. The number of benzene rings is 1. The molecule has 1 fully saturated rings. The largest absolute Gasteiger partial charge is 0.445 e. The first-order valence-electron chi connectivity index (χ1n) is 9.09. The minimum atomic E-state index is -0.585. The van der Waals surface area contributed by atoms with Crippen LogP contribution in [0.3, 0.4) is 0 Å². The van der Waals surface area contributed by atoms with Gasteiger partial charge in [-0.25, -0.2) is 9.78 Å². The Morgan fingerprint density at radius 1 is 1.30 bits per heavy atom. The van der Waals surface area contributed by atoms with E-state index in [-0.39, 0.29) is 30.2 Å². The van der Waals surface area contributed by atoms with Crippen LogP contribution < -0.4 is 0 Å². The number of hydrogen-bond donors (Lipinski definition) is 1. The van der Waals surface area contributed by atoms with Gasteiger partial charge in [0.25, 0.3) is 0 Å². The fraction of sp³-hybridized carbons (Fsp3) is 0.350. The van der Waals surface area contributed by atoms with Gasteiger partial charge in [0.05, 0.1) is 0 Å². The number of likely N-dealkylation sites (tertiary alicyclic amines) is 1. The van der Waals surface area contributed by atoms with Crippen molar-refractivity contribution in [1.82, 2.24) is 20.1 Å². The second kappa shape index (κ2) is 7.34. The molecule has 0 aliphatic carbocycles. The molecular formula is C20H21FN4O2. The summed E-state index contributed by atoms with van der Waals surface area (Å²) in [5.74, 6) is -0.532. The van der Waals surface area contributed by atoms with E-state index >= 15 is 0 Å². The van der Waals surface area contributed by atoms with E-state index in [1.54, 1.807) is 11.0 Å². The summed E-state index contributed by atoms with van der Waals surface area (Å²) in [6.07, 6.45) is 2.85. The molecule has 0 saturated carbocycles. The van der Waals surface area contributed by atoms with Gasteiger partial charge in [-0.1, -0.05) is 30.3 Å². The summed E-state index contributed by atoms with van der Waals surface area (Å²) in [7, 11) is 0. The Labute approximate surface area is 156 Å². The number of H-pyrrole nitrogens is 1. The van der Waals surface area contributed by atoms with Crippen molar-refractivity contribution in [1.29, 1.82) is 0 Å². The molecular weight excluding hydrogens is 347 g/mol. The third-order valence-electron chi connectivity index (χ3n) is 5.19. The molecule has 1 aromatic carbocycles. The number of fused-ring (bicyclic) bond motifs is 1. The van der Waals surface area contributed by atoms with E-state index in [9.17, 15) is 9.18 Å². The standard InChI is InChI=1S/C20H21FN4O2/c1-13-7-8-15(17-16-9-10-22-19(21)18(16)24-23-17)11-25(13)20(26)27-12-14-5-3-2-4-6-14/h2-6,9-10,13,15H,7-8,11-12H2,1H3,(H,23,24)/t13-,15+/m0/s1. The Hall–Kier alpha value is -2.96. The predicted molar refractivity (Wildman–Crippen MR) is 98.6 cm³/mol. The van der Waals surface area contributed by atoms with Crippen LogP contribution in [0.25, 0.3) is 10.9 Å². The van der Waals surface area contributed by atoms with Crippen LogP contribution in [0.1, 0.15) is 36.9 Å². The van der Waals surface area contributed by atoms with E-state index in [2.05, 4.69) is 15.2 Å². The summed E-state index contributed by atoms with van der Waals surface area (Å²) in [6, 6.07) is 11.5. The Kier molecular flexibility index (Phi) is 4.75. The zero-order valence-corrected chi connectivity index (χ0v) is 15.1. The number of carbonyl (C=O) groups excluding carboxylic acids is 1. The normalized spacial score (nSPS) is 20.0. The lowest BCUT2D eigenvalue weighted by Crippen LogP contribution is -2.45. The number of aromatic amines is 1. The van der Waals surface area contributed by atoms with Gasteiger partial charge in [0.15, 0.2) is 0 Å². The number of carbonyl (C=O) groups is 1. The molecule has 1 amide bonds. The van der Waals surface area contributed by atoms with Gasteiger partial charge in [-0.2, -0.15) is 9.49 Å². The maximum Gasteiger partial charge on any atom is 0.410 e. The fourth-order valence-electron chi connectivity index (χ4n) is 3.64. The molecule has 7 heteroatoms. The molecule has 6 nitrogen and oxygen atoms in total. The molecule has 1 N–H and O–H groups in total. The van der Waals surface area contributed by atoms with Crippen LogP contribution in [0.2, 0.25) is 0 Å². The summed E-state index contributed by atoms with van der Waals surface area (Å²) in [5, 5.41) is 7.73. The predicted octanol–water partition coefficient (Wildman–Crippen LogP) is 4.00. The summed E-state index contributed by atoms with van der Waals surface area (Å²) in [6.45, 7) is 2.78. The van der Waals surface area contributed by atoms with Gasteiger partial charge in [-0.3, -0.25) is 5.10 Å². The van der Waals surface area contributed by atoms with Crippen molar-refractivity contribution in [3.8, 4) is 0 Å². The van der Waals surface area contributed by atoms with Crippen LogP contribution in [0.15, 0.2) is 42.6 Å². The summed E-state index contributed by atoms with van der Waals surface area (Å²) in [4.78, 5) is 18.0. The smallest absolute Gasteiger partial charge is 0.410 e. The van der Waals surface area contributed by atoms with E-state index in [1.165, 1.54) is 6.20 Å². The lowest BCUT2D eigenvalue weighted by molar-refractivity contribution is 0.0672. The first-order chi connectivity index (χ1) is 13.1. The molecule has 2 aromatic heterocycles. The zero-order chi connectivity index (χ0) is 18.8. The highest BCUT2D eigenvalue weighted by atomic mass is 19.1. The van der Waals surface area contributed by atoms with Gasteiger partial charge in [0.1, 0.15) is 12.1 Å². The van der Waals surface area contributed by atoms with Crippen LogP contribution in [-0.4, -0.2) is 38.8 Å². The van der Waals surface area contributed by atoms with Crippen molar-refractivity contribution in [3.63, 3.8) is 0 Å². The first kappa shape index (κ1) is 17.5. The van der Waals surface area contributed by atoms with E-state index in [1.807, 2.05) is 37.3 Å². The molecule has 1 saturated heterocycles. The molecule has 3 aromatic rings. The Morgan fingerprint density at radius 2 is 2.11 bits per heavy atom. The van der Waals surface area contributed by atoms with Gasteiger partial charge in [0, 0.05) is 35.8 Å². The maximum atomic E-state index is 13.8. The van der Waals surface area contributed by atoms with Crippen molar-refractivity contribution >= 4 is 17.0 Å². The number of nitrogens with one attached hydrogen (secondary N) is 1. The number of nitrogens with zero attached hydrogens (tertiary/aromatic N) is 3. The summed E-state index contributed by atoms with van der Waals surface area (Å²) in [5.41, 5.74) is 2.04. The van der Waals surface area contributed by atoms with Crippen molar-refractivity contribution in [3.05, 3.63) is 59.8 Å². The molecule has 0 unspecified atom stereocenters. The third-order valence-corrected chi connectivity index (χ3v) is 5.19. The van der Waals surface area contributed by atoms with Gasteiger partial charge in [0.2, 0.25) is 5.95 Å². The highest BCUT2D eigenvalue weighted by molar-refractivity contribution is 5.81. The molecule has 1 aliphatic heterocycles. The minimum absolute atomic E-state index is 0.0530. The second-order valence-corrected chi connectivity index (χ2v) is 6.95. The highest BCUT2D eigenvalue weighted by Gasteiger charge is 2.32. The third kappa shape index (κ3) is 3.49. The first-order valence-corrected chi connectivity index (χ1v) is 9.09. The molecule has 0 radical (unpaired) electrons. The highest BCUT2D eigenvalue weighted by Crippen LogP contribution is 2.33. The SMILES string of the molecule is C[C@H]1CC[C@@H](c2[nH]nc3c(F)nccc23)CN1C(=O)OCc1ccccc1. The van der Waals surface area contributed by atoms with Crippen molar-refractivity contribution < 1.29 is 13.9 Å². The number of pyridine rings is 1. The molecule has 0 bridgehead atoms. The number of aromatic nitrogens is 3. The maximum absolute atomic E-state index is 13.8. The van der Waals surface area contributed by atoms with Crippen molar-refractivity contribution in [2.24, 2.45) is 0 Å². The van der Waals surface area contributed by atoms with Gasteiger partial charge in [-0.15, -0.1) is 0 Å². The van der Waals surface area contributed by atoms with E-state index < -0.39 is 5.95 Å². The number of ether oxygens (including phenoxy) is 1. The topological polar surface area (TPSA) is 71.1 Å². The number of piperidine rings is 1. The average molecular weight is 368 g/mol. The minimum Gasteiger partial charge on any atom is -0.445 e. The van der Waals surface area contributed by atoms with Gasteiger partial charge in [-0.05, 0) is 31.4 Å². The van der Waals surface area contributed by atoms with Crippen LogP contribution in [-0.2, 0) is 11.3 Å². The Balaban J connectivity index is 1.49. The second-order valence-electron chi connectivity index (χ2n) is 6.95. The number of amides is 1. The summed E-state index contributed by atoms with van der Waals surface area (Å²) >= 11 is 0. The molecule has 3 heterocycles. The Morgan fingerprint density at radius 3 is 2.93 bits per heavy atom. The molecule has 27 heavy (non-hydrogen) atoms. The van der Waals surface area contributed by atoms with Gasteiger partial charge < -0.3 is 9.64 Å². The van der Waals surface area contributed by atoms with Crippen molar-refractivity contribution in [2.45, 2.75) is 38.3 Å². The quantitative estimate of drug-likeness (QED) is 0.709. The van der Waals surface area contributed by atoms with Crippen molar-refractivity contribution in [2.75, 3.05) is 6.54 Å². The van der Waals surface area contributed by atoms with Crippen LogP contribution in [0.5, 0.6) is 0 Å². The number of halogens is 1. The van der Waals surface area contributed by atoms with E-state index in [0.29, 0.717) is 6.54 Å². The number of hydrogen-bond acceptors (Lipinski definition) is 4. The van der Waals surface area contributed by atoms with E-state index in [4.69, 9.17) is 4.74 Å². The Bertz CT molecular complexity index is 944. The van der Waals surface area contributed by atoms with Crippen LogP contribution >= 0.6 is 0 Å². The molecule has 2 atom stereocenters. The van der Waals surface area contributed by atoms with Gasteiger partial charge >= 0.3 is 6.09 Å². The zero-order valence-electron chi connectivity index (χ0n) is 15.1. The summed E-state index contributed by atoms with van der Waals surface area (Å²) < 4.78 is 19.3. The molecule has 1 aliphatic rings. The lowest BCUT2D eigenvalue weighted by Gasteiger charge is -2.37. The molecule has 4 rings (SSSR count). The number of rotatable bonds is 3. The van der Waals surface area contributed by atoms with E-state index in [0.717, 1.165) is 29.5 Å². The monoisotopic (exact) mass is 368 g/mol.